The molecule has 0 spiro atoms. The minimum absolute atomic E-state index is 0.0462. The Kier molecular flexibility index (Phi) is 3.16. The lowest BCUT2D eigenvalue weighted by molar-refractivity contribution is 0.608. The molecule has 0 saturated carbocycles. The minimum Gasteiger partial charge on any atom is -0.208 e. The van der Waals surface area contributed by atoms with Gasteiger partial charge in [-0.2, -0.15) is 5.26 Å². The minimum atomic E-state index is -0.491. The third-order valence-corrected chi connectivity index (χ3v) is 2.97. The van der Waals surface area contributed by atoms with Crippen molar-refractivity contribution in [1.82, 2.24) is 15.0 Å². The zero-order chi connectivity index (χ0) is 14.8. The quantitative estimate of drug-likeness (QED) is 0.725. The highest BCUT2D eigenvalue weighted by Crippen LogP contribution is 2.26. The second-order valence-corrected chi connectivity index (χ2v) is 4.27. The zero-order valence-electron chi connectivity index (χ0n) is 10.7. The first-order valence-electron chi connectivity index (χ1n) is 6.07. The van der Waals surface area contributed by atoms with E-state index in [2.05, 4.69) is 10.3 Å². The molecule has 4 nitrogen and oxygen atoms in total. The van der Waals surface area contributed by atoms with Crippen molar-refractivity contribution < 1.29 is 8.78 Å². The Balaban J connectivity index is 2.25. The first-order valence-corrected chi connectivity index (χ1v) is 6.07. The van der Waals surface area contributed by atoms with Crippen LogP contribution in [0.15, 0.2) is 48.5 Å². The molecule has 0 aliphatic carbocycles. The second-order valence-electron chi connectivity index (χ2n) is 4.27. The summed E-state index contributed by atoms with van der Waals surface area (Å²) in [6, 6.07) is 13.4. The lowest BCUT2D eigenvalue weighted by atomic mass is 10.1. The predicted octanol–water partition coefficient (Wildman–Crippen LogP) is 3.08. The highest BCUT2D eigenvalue weighted by atomic mass is 19.1. The van der Waals surface area contributed by atoms with E-state index in [1.54, 1.807) is 12.1 Å². The molecule has 3 aromatic rings. The van der Waals surface area contributed by atoms with Gasteiger partial charge in [-0.3, -0.25) is 0 Å². The summed E-state index contributed by atoms with van der Waals surface area (Å²) in [5.74, 6) is -0.891. The molecule has 0 fully saturated rings. The average Bonchev–Trinajstić information content (AvgIpc) is 2.92. The molecule has 102 valence electrons. The van der Waals surface area contributed by atoms with Crippen molar-refractivity contribution in [3.63, 3.8) is 0 Å². The number of benzene rings is 2. The van der Waals surface area contributed by atoms with Crippen molar-refractivity contribution in [2.24, 2.45) is 0 Å². The molecule has 1 aromatic heterocycles. The lowest BCUT2D eigenvalue weighted by Crippen LogP contribution is -2.02. The standard InChI is InChI=1S/C15H8F2N4/c16-11-7-5-10(6-8-11)15-13(9-18)19-20-21(15)14-4-2-1-3-12(14)17/h1-8H. The Morgan fingerprint density at radius 3 is 2.38 bits per heavy atom. The number of para-hydroxylation sites is 1. The summed E-state index contributed by atoms with van der Waals surface area (Å²) in [5.41, 5.74) is 1.07. The van der Waals surface area contributed by atoms with E-state index in [1.807, 2.05) is 6.07 Å². The van der Waals surface area contributed by atoms with Crippen LogP contribution in [0.1, 0.15) is 5.69 Å². The maximum atomic E-state index is 13.9. The van der Waals surface area contributed by atoms with Crippen LogP contribution < -0.4 is 0 Å². The van der Waals surface area contributed by atoms with Gasteiger partial charge in [-0.25, -0.2) is 13.5 Å². The number of rotatable bonds is 2. The summed E-state index contributed by atoms with van der Waals surface area (Å²) < 4.78 is 28.2. The molecular weight excluding hydrogens is 274 g/mol. The van der Waals surface area contributed by atoms with Gasteiger partial charge in [0.2, 0.25) is 0 Å². The van der Waals surface area contributed by atoms with Crippen LogP contribution in [0.25, 0.3) is 16.9 Å². The maximum Gasteiger partial charge on any atom is 0.191 e. The van der Waals surface area contributed by atoms with Gasteiger partial charge in [0.15, 0.2) is 5.69 Å². The van der Waals surface area contributed by atoms with E-state index in [0.717, 1.165) is 0 Å². The molecule has 0 unspecified atom stereocenters. The maximum absolute atomic E-state index is 13.9. The van der Waals surface area contributed by atoms with E-state index in [4.69, 9.17) is 5.26 Å². The van der Waals surface area contributed by atoms with Crippen molar-refractivity contribution in [2.45, 2.75) is 0 Å². The molecule has 0 saturated heterocycles. The van der Waals surface area contributed by atoms with E-state index in [0.29, 0.717) is 11.3 Å². The van der Waals surface area contributed by atoms with Gasteiger partial charge in [-0.05, 0) is 36.4 Å². The van der Waals surface area contributed by atoms with Crippen molar-refractivity contribution in [3.05, 3.63) is 65.9 Å². The first-order chi connectivity index (χ1) is 10.2. The SMILES string of the molecule is N#Cc1nnn(-c2ccccc2F)c1-c1ccc(F)cc1. The van der Waals surface area contributed by atoms with Gasteiger partial charge in [-0.1, -0.05) is 17.3 Å². The van der Waals surface area contributed by atoms with E-state index < -0.39 is 11.6 Å². The smallest absolute Gasteiger partial charge is 0.191 e. The van der Waals surface area contributed by atoms with E-state index in [9.17, 15) is 8.78 Å². The molecule has 3 rings (SSSR count). The van der Waals surface area contributed by atoms with Gasteiger partial charge in [0.1, 0.15) is 29.1 Å². The summed E-state index contributed by atoms with van der Waals surface area (Å²) in [5, 5.41) is 16.7. The average molecular weight is 282 g/mol. The zero-order valence-corrected chi connectivity index (χ0v) is 10.7. The molecule has 1 heterocycles. The Morgan fingerprint density at radius 2 is 1.71 bits per heavy atom. The third kappa shape index (κ3) is 2.25. The fourth-order valence-corrected chi connectivity index (χ4v) is 2.02. The Hall–Kier alpha value is -3.07. The number of halogens is 2. The van der Waals surface area contributed by atoms with Crippen LogP contribution in [-0.4, -0.2) is 15.0 Å². The number of hydrogen-bond acceptors (Lipinski definition) is 3. The highest BCUT2D eigenvalue weighted by molar-refractivity contribution is 5.67. The van der Waals surface area contributed by atoms with Gasteiger partial charge in [0.25, 0.3) is 0 Å². The first kappa shape index (κ1) is 12.9. The number of nitriles is 1. The van der Waals surface area contributed by atoms with Crippen LogP contribution >= 0.6 is 0 Å². The molecule has 2 aromatic carbocycles. The molecule has 0 bridgehead atoms. The van der Waals surface area contributed by atoms with Gasteiger partial charge in [0, 0.05) is 5.56 Å². The monoisotopic (exact) mass is 282 g/mol. The number of aromatic nitrogens is 3. The molecule has 0 aliphatic heterocycles. The van der Waals surface area contributed by atoms with Crippen LogP contribution in [-0.2, 0) is 0 Å². The summed E-state index contributed by atoms with van der Waals surface area (Å²) in [4.78, 5) is 0. The third-order valence-electron chi connectivity index (χ3n) is 2.97. The molecule has 0 aliphatic rings. The Morgan fingerprint density at radius 1 is 1.00 bits per heavy atom. The van der Waals surface area contributed by atoms with Crippen LogP contribution in [0.4, 0.5) is 8.78 Å². The molecule has 0 atom stereocenters. The molecule has 0 N–H and O–H groups in total. The van der Waals surface area contributed by atoms with Crippen molar-refractivity contribution in [1.29, 1.82) is 5.26 Å². The van der Waals surface area contributed by atoms with Crippen molar-refractivity contribution >= 4 is 0 Å². The van der Waals surface area contributed by atoms with Crippen LogP contribution in [0.5, 0.6) is 0 Å². The number of hydrogen-bond donors (Lipinski definition) is 0. The Bertz CT molecular complexity index is 832. The topological polar surface area (TPSA) is 54.5 Å². The predicted molar refractivity (Wildman–Crippen MR) is 71.4 cm³/mol. The summed E-state index contributed by atoms with van der Waals surface area (Å²) in [6.07, 6.45) is 0. The Labute approximate surface area is 118 Å². The van der Waals surface area contributed by atoms with Gasteiger partial charge < -0.3 is 0 Å². The normalized spacial score (nSPS) is 10.3. The van der Waals surface area contributed by atoms with E-state index >= 15 is 0 Å². The summed E-state index contributed by atoms with van der Waals surface area (Å²) >= 11 is 0. The fourth-order valence-electron chi connectivity index (χ4n) is 2.02. The second kappa shape index (κ2) is 5.13. The summed E-state index contributed by atoms with van der Waals surface area (Å²) in [6.45, 7) is 0. The van der Waals surface area contributed by atoms with Crippen molar-refractivity contribution in [3.8, 4) is 23.0 Å². The van der Waals surface area contributed by atoms with Gasteiger partial charge in [-0.15, -0.1) is 5.10 Å². The summed E-state index contributed by atoms with van der Waals surface area (Å²) in [7, 11) is 0. The highest BCUT2D eigenvalue weighted by Gasteiger charge is 2.18. The van der Waals surface area contributed by atoms with Crippen LogP contribution in [0, 0.1) is 23.0 Å². The van der Waals surface area contributed by atoms with Gasteiger partial charge >= 0.3 is 0 Å². The lowest BCUT2D eigenvalue weighted by Gasteiger charge is -2.07. The van der Waals surface area contributed by atoms with Gasteiger partial charge in [0.05, 0.1) is 0 Å². The van der Waals surface area contributed by atoms with Crippen molar-refractivity contribution in [2.75, 3.05) is 0 Å². The molecule has 0 amide bonds. The molecule has 21 heavy (non-hydrogen) atoms. The van der Waals surface area contributed by atoms with Crippen LogP contribution in [0.3, 0.4) is 0 Å². The number of nitrogens with zero attached hydrogens (tertiary/aromatic N) is 4. The fraction of sp³-hybridized carbons (Fsp3) is 0. The molecule has 6 heteroatoms. The molecular formula is C15H8F2N4. The largest absolute Gasteiger partial charge is 0.208 e. The van der Waals surface area contributed by atoms with E-state index in [-0.39, 0.29) is 11.4 Å². The molecule has 0 radical (unpaired) electrons. The van der Waals surface area contributed by atoms with E-state index in [1.165, 1.54) is 41.1 Å². The van der Waals surface area contributed by atoms with Crippen LogP contribution in [0.2, 0.25) is 0 Å².